The molecule has 114 valence electrons. The van der Waals surface area contributed by atoms with Crippen molar-refractivity contribution >= 4 is 22.8 Å². The van der Waals surface area contributed by atoms with Crippen LogP contribution in [0.5, 0.6) is 0 Å². The molecule has 1 aliphatic heterocycles. The lowest BCUT2D eigenvalue weighted by molar-refractivity contribution is -0.125. The standard InChI is InChI=1S/C15H15N3O4/c1-8(13(16)19)22-15(21)9-4-5-10-11(7-9)17-12-3-2-6-18(12)14(10)20/h4-5,7-8H,2-3,6H2,1H3,(H2,16,19)/t8-/m1/s1. The minimum absolute atomic E-state index is 0.0945. The van der Waals surface area contributed by atoms with E-state index in [9.17, 15) is 14.4 Å². The first kappa shape index (κ1) is 14.2. The fourth-order valence-electron chi connectivity index (χ4n) is 2.50. The summed E-state index contributed by atoms with van der Waals surface area (Å²) in [6, 6.07) is 4.55. The number of carbonyl (C=O) groups is 2. The summed E-state index contributed by atoms with van der Waals surface area (Å²) in [5, 5.41) is 0.463. The van der Waals surface area contributed by atoms with Crippen LogP contribution in [-0.2, 0) is 22.5 Å². The molecule has 1 atom stereocenters. The Morgan fingerprint density at radius 3 is 2.91 bits per heavy atom. The van der Waals surface area contributed by atoms with E-state index in [-0.39, 0.29) is 11.1 Å². The first-order chi connectivity index (χ1) is 10.5. The molecule has 2 heterocycles. The highest BCUT2D eigenvalue weighted by Gasteiger charge is 2.19. The van der Waals surface area contributed by atoms with Gasteiger partial charge in [0.25, 0.3) is 11.5 Å². The topological polar surface area (TPSA) is 104 Å². The second-order valence-corrected chi connectivity index (χ2v) is 5.27. The molecule has 0 aliphatic carbocycles. The van der Waals surface area contributed by atoms with Gasteiger partial charge in [0.1, 0.15) is 5.82 Å². The number of aryl methyl sites for hydroxylation is 1. The Labute approximate surface area is 125 Å². The number of aromatic nitrogens is 2. The third-order valence-corrected chi connectivity index (χ3v) is 3.74. The molecule has 7 nitrogen and oxygen atoms in total. The number of fused-ring (bicyclic) bond motifs is 2. The van der Waals surface area contributed by atoms with Gasteiger partial charge in [0.05, 0.1) is 16.5 Å². The molecule has 0 unspecified atom stereocenters. The van der Waals surface area contributed by atoms with E-state index in [1.807, 2.05) is 0 Å². The monoisotopic (exact) mass is 301 g/mol. The van der Waals surface area contributed by atoms with Crippen LogP contribution in [-0.4, -0.2) is 27.5 Å². The molecule has 22 heavy (non-hydrogen) atoms. The normalized spacial score (nSPS) is 14.6. The van der Waals surface area contributed by atoms with Crippen molar-refractivity contribution in [3.05, 3.63) is 39.9 Å². The summed E-state index contributed by atoms with van der Waals surface area (Å²) >= 11 is 0. The molecule has 2 N–H and O–H groups in total. The van der Waals surface area contributed by atoms with Crippen LogP contribution in [0.3, 0.4) is 0 Å². The molecule has 0 spiro atoms. The summed E-state index contributed by atoms with van der Waals surface area (Å²) in [5.74, 6) is -0.660. The van der Waals surface area contributed by atoms with Crippen molar-refractivity contribution < 1.29 is 14.3 Å². The van der Waals surface area contributed by atoms with Crippen molar-refractivity contribution in [2.45, 2.75) is 32.4 Å². The average molecular weight is 301 g/mol. The van der Waals surface area contributed by atoms with Crippen molar-refractivity contribution in [1.29, 1.82) is 0 Å². The van der Waals surface area contributed by atoms with Gasteiger partial charge >= 0.3 is 5.97 Å². The predicted octanol–water partition coefficient (Wildman–Crippen LogP) is 0.373. The predicted molar refractivity (Wildman–Crippen MR) is 78.4 cm³/mol. The van der Waals surface area contributed by atoms with Crippen LogP contribution < -0.4 is 11.3 Å². The van der Waals surface area contributed by atoms with Crippen molar-refractivity contribution in [3.8, 4) is 0 Å². The van der Waals surface area contributed by atoms with Crippen molar-refractivity contribution in [3.63, 3.8) is 0 Å². The number of carbonyl (C=O) groups excluding carboxylic acids is 2. The van der Waals surface area contributed by atoms with E-state index in [1.54, 1.807) is 10.6 Å². The summed E-state index contributed by atoms with van der Waals surface area (Å²) in [6.07, 6.45) is 0.629. The van der Waals surface area contributed by atoms with Crippen molar-refractivity contribution in [1.82, 2.24) is 9.55 Å². The third-order valence-electron chi connectivity index (χ3n) is 3.74. The molecular weight excluding hydrogens is 286 g/mol. The van der Waals surface area contributed by atoms with Gasteiger partial charge in [-0.1, -0.05) is 0 Å². The zero-order valence-corrected chi connectivity index (χ0v) is 12.0. The summed E-state index contributed by atoms with van der Waals surface area (Å²) in [7, 11) is 0. The van der Waals surface area contributed by atoms with Crippen LogP contribution in [0.25, 0.3) is 10.9 Å². The van der Waals surface area contributed by atoms with Gasteiger partial charge < -0.3 is 10.5 Å². The molecule has 0 saturated carbocycles. The Morgan fingerprint density at radius 1 is 1.41 bits per heavy atom. The van der Waals surface area contributed by atoms with Gasteiger partial charge in [-0.2, -0.15) is 0 Å². The van der Waals surface area contributed by atoms with E-state index in [4.69, 9.17) is 10.5 Å². The second kappa shape index (κ2) is 5.25. The number of hydrogen-bond donors (Lipinski definition) is 1. The second-order valence-electron chi connectivity index (χ2n) is 5.27. The van der Waals surface area contributed by atoms with E-state index in [2.05, 4.69) is 4.98 Å². The lowest BCUT2D eigenvalue weighted by atomic mass is 10.1. The van der Waals surface area contributed by atoms with E-state index in [0.29, 0.717) is 17.4 Å². The van der Waals surface area contributed by atoms with Crippen molar-refractivity contribution in [2.75, 3.05) is 0 Å². The molecule has 1 amide bonds. The SMILES string of the molecule is C[C@@H](OC(=O)c1ccc2c(=O)n3c(nc2c1)CCC3)C(N)=O. The first-order valence-electron chi connectivity index (χ1n) is 7.01. The van der Waals surface area contributed by atoms with E-state index >= 15 is 0 Å². The smallest absolute Gasteiger partial charge is 0.338 e. The largest absolute Gasteiger partial charge is 0.449 e. The van der Waals surface area contributed by atoms with E-state index in [0.717, 1.165) is 18.7 Å². The Hall–Kier alpha value is -2.70. The van der Waals surface area contributed by atoms with Gasteiger partial charge in [0.15, 0.2) is 6.10 Å². The fraction of sp³-hybridized carbons (Fsp3) is 0.333. The minimum atomic E-state index is -1.01. The zero-order valence-electron chi connectivity index (χ0n) is 12.0. The first-order valence-corrected chi connectivity index (χ1v) is 7.01. The lowest BCUT2D eigenvalue weighted by Gasteiger charge is -2.10. The molecule has 1 aromatic heterocycles. The Bertz CT molecular complexity index is 841. The molecular formula is C15H15N3O4. The Morgan fingerprint density at radius 2 is 2.18 bits per heavy atom. The lowest BCUT2D eigenvalue weighted by Crippen LogP contribution is -2.30. The third kappa shape index (κ3) is 2.34. The van der Waals surface area contributed by atoms with Gasteiger partial charge in [-0.3, -0.25) is 14.2 Å². The molecule has 0 fully saturated rings. The maximum atomic E-state index is 12.3. The number of benzene rings is 1. The summed E-state index contributed by atoms with van der Waals surface area (Å²) in [6.45, 7) is 2.08. The molecule has 2 aromatic rings. The highest BCUT2D eigenvalue weighted by atomic mass is 16.5. The highest BCUT2D eigenvalue weighted by molar-refractivity contribution is 5.95. The fourth-order valence-corrected chi connectivity index (χ4v) is 2.50. The van der Waals surface area contributed by atoms with Gasteiger partial charge in [0, 0.05) is 13.0 Å². The number of hydrogen-bond acceptors (Lipinski definition) is 5. The quantitative estimate of drug-likeness (QED) is 0.825. The van der Waals surface area contributed by atoms with Crippen LogP contribution in [0, 0.1) is 0 Å². The summed E-state index contributed by atoms with van der Waals surface area (Å²) in [4.78, 5) is 39.7. The number of ether oxygens (including phenoxy) is 1. The van der Waals surface area contributed by atoms with Crippen molar-refractivity contribution in [2.24, 2.45) is 5.73 Å². The number of esters is 1. The molecule has 0 bridgehead atoms. The van der Waals surface area contributed by atoms with E-state index < -0.39 is 18.0 Å². The van der Waals surface area contributed by atoms with Crippen LogP contribution in [0.1, 0.15) is 29.5 Å². The maximum absolute atomic E-state index is 12.3. The molecule has 1 aliphatic rings. The van der Waals surface area contributed by atoms with Gasteiger partial charge in [-0.15, -0.1) is 0 Å². The van der Waals surface area contributed by atoms with Crippen LogP contribution in [0.2, 0.25) is 0 Å². The minimum Gasteiger partial charge on any atom is -0.449 e. The number of nitrogens with two attached hydrogens (primary N) is 1. The van der Waals surface area contributed by atoms with Gasteiger partial charge in [0.2, 0.25) is 0 Å². The van der Waals surface area contributed by atoms with Crippen LogP contribution in [0.4, 0.5) is 0 Å². The summed E-state index contributed by atoms with van der Waals surface area (Å²) < 4.78 is 6.61. The van der Waals surface area contributed by atoms with Gasteiger partial charge in [-0.05, 0) is 31.5 Å². The zero-order chi connectivity index (χ0) is 15.9. The maximum Gasteiger partial charge on any atom is 0.338 e. The number of primary amides is 1. The number of amides is 1. The molecule has 0 saturated heterocycles. The molecule has 3 rings (SSSR count). The van der Waals surface area contributed by atoms with E-state index in [1.165, 1.54) is 19.1 Å². The summed E-state index contributed by atoms with van der Waals surface area (Å²) in [5.41, 5.74) is 5.66. The molecule has 7 heteroatoms. The highest BCUT2D eigenvalue weighted by Crippen LogP contribution is 2.17. The molecule has 0 radical (unpaired) electrons. The average Bonchev–Trinajstić information content (AvgIpc) is 2.95. The Balaban J connectivity index is 2.00. The number of rotatable bonds is 3. The molecule has 1 aromatic carbocycles. The Kier molecular flexibility index (Phi) is 3.40. The van der Waals surface area contributed by atoms with Crippen LogP contribution in [0.15, 0.2) is 23.0 Å². The number of nitrogens with zero attached hydrogens (tertiary/aromatic N) is 2. The van der Waals surface area contributed by atoms with Gasteiger partial charge in [-0.25, -0.2) is 9.78 Å². The van der Waals surface area contributed by atoms with Crippen LogP contribution >= 0.6 is 0 Å².